The number of pyridine rings is 1. The molecule has 2 aromatic rings. The summed E-state index contributed by atoms with van der Waals surface area (Å²) >= 11 is 0. The van der Waals surface area contributed by atoms with Crippen molar-refractivity contribution in [3.8, 4) is 0 Å². The fourth-order valence-corrected chi connectivity index (χ4v) is 2.86. The van der Waals surface area contributed by atoms with E-state index in [-0.39, 0.29) is 24.2 Å². The zero-order valence-corrected chi connectivity index (χ0v) is 13.9. The van der Waals surface area contributed by atoms with E-state index in [4.69, 9.17) is 0 Å². The largest absolute Gasteiger partial charge is 0.326 e. The van der Waals surface area contributed by atoms with Crippen LogP contribution in [0.2, 0.25) is 0 Å². The highest BCUT2D eigenvalue weighted by Gasteiger charge is 2.35. The summed E-state index contributed by atoms with van der Waals surface area (Å²) in [5, 5.41) is 2.85. The van der Waals surface area contributed by atoms with Gasteiger partial charge in [0, 0.05) is 36.7 Å². The van der Waals surface area contributed by atoms with Crippen LogP contribution in [0, 0.1) is 5.92 Å². The summed E-state index contributed by atoms with van der Waals surface area (Å²) in [6, 6.07) is 11.4. The Labute approximate surface area is 141 Å². The Balaban J connectivity index is 1.71. The lowest BCUT2D eigenvalue weighted by Crippen LogP contribution is -2.28. The molecule has 5 nitrogen and oxygen atoms in total. The van der Waals surface area contributed by atoms with Gasteiger partial charge in [-0.2, -0.15) is 0 Å². The number of benzene rings is 1. The van der Waals surface area contributed by atoms with Crippen LogP contribution in [0.4, 0.5) is 11.4 Å². The minimum Gasteiger partial charge on any atom is -0.326 e. The highest BCUT2D eigenvalue weighted by molar-refractivity contribution is 6.03. The molecule has 0 aliphatic carbocycles. The van der Waals surface area contributed by atoms with Crippen LogP contribution in [0.15, 0.2) is 48.8 Å². The van der Waals surface area contributed by atoms with Gasteiger partial charge < -0.3 is 10.2 Å². The molecular weight excluding hydrogens is 302 g/mol. The van der Waals surface area contributed by atoms with Crippen LogP contribution in [0.5, 0.6) is 0 Å². The molecular formula is C19H21N3O2. The normalized spacial score (nSPS) is 17.4. The maximum Gasteiger partial charge on any atom is 0.229 e. The number of amides is 2. The van der Waals surface area contributed by atoms with Crippen molar-refractivity contribution in [3.05, 3.63) is 54.4 Å². The van der Waals surface area contributed by atoms with Gasteiger partial charge in [-0.3, -0.25) is 14.6 Å². The number of hydrogen-bond acceptors (Lipinski definition) is 3. The van der Waals surface area contributed by atoms with E-state index in [1.54, 1.807) is 29.4 Å². The van der Waals surface area contributed by atoms with Crippen molar-refractivity contribution < 1.29 is 9.59 Å². The Morgan fingerprint density at radius 3 is 2.71 bits per heavy atom. The van der Waals surface area contributed by atoms with Crippen LogP contribution in [-0.4, -0.2) is 23.3 Å². The van der Waals surface area contributed by atoms with Gasteiger partial charge >= 0.3 is 0 Å². The van der Waals surface area contributed by atoms with E-state index in [0.717, 1.165) is 5.69 Å². The number of aromatic nitrogens is 1. The molecule has 0 bridgehead atoms. The van der Waals surface area contributed by atoms with E-state index in [9.17, 15) is 9.59 Å². The third-order valence-electron chi connectivity index (χ3n) is 4.29. The van der Waals surface area contributed by atoms with E-state index in [1.807, 2.05) is 18.2 Å². The van der Waals surface area contributed by atoms with Gasteiger partial charge in [0.25, 0.3) is 0 Å². The van der Waals surface area contributed by atoms with Crippen molar-refractivity contribution in [2.75, 3.05) is 16.8 Å². The first kappa shape index (κ1) is 16.2. The lowest BCUT2D eigenvalue weighted by atomic mass is 10.0. The Kier molecular flexibility index (Phi) is 4.60. The molecule has 5 heteroatoms. The van der Waals surface area contributed by atoms with Crippen molar-refractivity contribution in [1.29, 1.82) is 0 Å². The highest BCUT2D eigenvalue weighted by atomic mass is 16.2. The molecule has 1 aliphatic rings. The second-order valence-corrected chi connectivity index (χ2v) is 6.38. The van der Waals surface area contributed by atoms with E-state index in [2.05, 4.69) is 30.2 Å². The Morgan fingerprint density at radius 1 is 1.25 bits per heavy atom. The highest BCUT2D eigenvalue weighted by Crippen LogP contribution is 2.28. The van der Waals surface area contributed by atoms with Crippen LogP contribution in [0.3, 0.4) is 0 Å². The lowest BCUT2D eigenvalue weighted by Gasteiger charge is -2.18. The van der Waals surface area contributed by atoms with E-state index < -0.39 is 0 Å². The Morgan fingerprint density at radius 2 is 2.00 bits per heavy atom. The standard InChI is InChI=1S/C19H21N3O2/c1-13(2)14-4-3-5-17(10-14)22-12-15(11-18(22)23)19(24)21-16-6-8-20-9-7-16/h3-10,13,15H,11-12H2,1-2H3,(H,20,21,24)/t15-/m1/s1. The zero-order chi connectivity index (χ0) is 17.1. The van der Waals surface area contributed by atoms with Crippen LogP contribution >= 0.6 is 0 Å². The molecule has 3 rings (SSSR count). The number of anilines is 2. The van der Waals surface area contributed by atoms with Crippen molar-refractivity contribution in [1.82, 2.24) is 4.98 Å². The molecule has 0 unspecified atom stereocenters. The molecule has 2 amide bonds. The monoisotopic (exact) mass is 323 g/mol. The SMILES string of the molecule is CC(C)c1cccc(N2C[C@H](C(=O)Nc3ccncc3)CC2=O)c1. The van der Waals surface area contributed by atoms with Gasteiger partial charge in [0.15, 0.2) is 0 Å². The Bertz CT molecular complexity index is 743. The summed E-state index contributed by atoms with van der Waals surface area (Å²) in [5.41, 5.74) is 2.75. The second kappa shape index (κ2) is 6.83. The van der Waals surface area contributed by atoms with Crippen molar-refractivity contribution in [3.63, 3.8) is 0 Å². The molecule has 0 spiro atoms. The minimum absolute atomic E-state index is 0.00853. The van der Waals surface area contributed by atoms with Gasteiger partial charge in [0.2, 0.25) is 11.8 Å². The molecule has 2 heterocycles. The first-order valence-electron chi connectivity index (χ1n) is 8.16. The van der Waals surface area contributed by atoms with Crippen LogP contribution in [0.1, 0.15) is 31.7 Å². The molecule has 0 radical (unpaired) electrons. The number of carbonyl (C=O) groups excluding carboxylic acids is 2. The van der Waals surface area contributed by atoms with Gasteiger partial charge in [-0.15, -0.1) is 0 Å². The summed E-state index contributed by atoms with van der Waals surface area (Å²) < 4.78 is 0. The molecule has 0 saturated carbocycles. The lowest BCUT2D eigenvalue weighted by molar-refractivity contribution is -0.122. The fourth-order valence-electron chi connectivity index (χ4n) is 2.86. The zero-order valence-electron chi connectivity index (χ0n) is 13.9. The molecule has 1 N–H and O–H groups in total. The first-order chi connectivity index (χ1) is 11.5. The van der Waals surface area contributed by atoms with E-state index in [1.165, 1.54) is 5.56 Å². The number of rotatable bonds is 4. The van der Waals surface area contributed by atoms with Crippen molar-refractivity contribution in [2.45, 2.75) is 26.2 Å². The van der Waals surface area contributed by atoms with Crippen LogP contribution < -0.4 is 10.2 Å². The molecule has 1 fully saturated rings. The smallest absolute Gasteiger partial charge is 0.229 e. The minimum atomic E-state index is -0.339. The maximum atomic E-state index is 12.4. The van der Waals surface area contributed by atoms with Gasteiger partial charge in [0.05, 0.1) is 5.92 Å². The quantitative estimate of drug-likeness (QED) is 0.940. The van der Waals surface area contributed by atoms with Gasteiger partial charge in [0.1, 0.15) is 0 Å². The predicted molar refractivity (Wildman–Crippen MR) is 93.9 cm³/mol. The van der Waals surface area contributed by atoms with Crippen LogP contribution in [-0.2, 0) is 9.59 Å². The summed E-state index contributed by atoms with van der Waals surface area (Å²) in [6.45, 7) is 4.66. The topological polar surface area (TPSA) is 62.3 Å². The summed E-state index contributed by atoms with van der Waals surface area (Å²) in [7, 11) is 0. The fraction of sp³-hybridized carbons (Fsp3) is 0.316. The summed E-state index contributed by atoms with van der Waals surface area (Å²) in [4.78, 5) is 30.4. The molecule has 24 heavy (non-hydrogen) atoms. The van der Waals surface area contributed by atoms with Gasteiger partial charge in [-0.1, -0.05) is 26.0 Å². The summed E-state index contributed by atoms with van der Waals surface area (Å²) in [5.74, 6) is -0.0790. The van der Waals surface area contributed by atoms with Crippen molar-refractivity contribution >= 4 is 23.2 Å². The first-order valence-corrected chi connectivity index (χ1v) is 8.16. The number of carbonyl (C=O) groups is 2. The molecule has 1 atom stereocenters. The molecule has 124 valence electrons. The maximum absolute atomic E-state index is 12.4. The Hall–Kier alpha value is -2.69. The third kappa shape index (κ3) is 3.45. The number of nitrogens with zero attached hydrogens (tertiary/aromatic N) is 2. The van der Waals surface area contributed by atoms with Crippen molar-refractivity contribution in [2.24, 2.45) is 5.92 Å². The van der Waals surface area contributed by atoms with Gasteiger partial charge in [-0.05, 0) is 35.7 Å². The second-order valence-electron chi connectivity index (χ2n) is 6.38. The average molecular weight is 323 g/mol. The molecule has 1 saturated heterocycles. The van der Waals surface area contributed by atoms with E-state index >= 15 is 0 Å². The summed E-state index contributed by atoms with van der Waals surface area (Å²) in [6.07, 6.45) is 3.49. The molecule has 1 aromatic carbocycles. The van der Waals surface area contributed by atoms with Crippen LogP contribution in [0.25, 0.3) is 0 Å². The molecule has 1 aliphatic heterocycles. The van der Waals surface area contributed by atoms with E-state index in [0.29, 0.717) is 18.2 Å². The van der Waals surface area contributed by atoms with Gasteiger partial charge in [-0.25, -0.2) is 0 Å². The molecule has 1 aromatic heterocycles. The predicted octanol–water partition coefficient (Wildman–Crippen LogP) is 3.20. The number of nitrogens with one attached hydrogen (secondary N) is 1. The number of hydrogen-bond donors (Lipinski definition) is 1. The third-order valence-corrected chi connectivity index (χ3v) is 4.29. The average Bonchev–Trinajstić information content (AvgIpc) is 2.98.